The average molecular weight is 299 g/mol. The van der Waals surface area contributed by atoms with Crippen LogP contribution < -0.4 is 5.32 Å². The summed E-state index contributed by atoms with van der Waals surface area (Å²) in [5, 5.41) is 2.90. The van der Waals surface area contributed by atoms with Gasteiger partial charge in [0, 0.05) is 6.42 Å². The summed E-state index contributed by atoms with van der Waals surface area (Å²) in [5.74, 6) is 0. The third-order valence-electron chi connectivity index (χ3n) is 3.99. The monoisotopic (exact) mass is 299 g/mol. The van der Waals surface area contributed by atoms with Crippen LogP contribution in [0.3, 0.4) is 0 Å². The summed E-state index contributed by atoms with van der Waals surface area (Å²) >= 11 is 0. The molecule has 1 N–H and O–H groups in total. The molecule has 0 bridgehead atoms. The normalized spacial score (nSPS) is 31.1. The number of hydrogen-bond acceptors (Lipinski definition) is 4. The molecule has 0 aromatic carbocycles. The van der Waals surface area contributed by atoms with E-state index in [-0.39, 0.29) is 24.5 Å². The second-order valence-electron chi connectivity index (χ2n) is 7.14. The molecule has 0 aromatic heterocycles. The number of carbonyl (C=O) groups excluding carboxylic acids is 1. The highest BCUT2D eigenvalue weighted by atomic mass is 16.7. The van der Waals surface area contributed by atoms with Gasteiger partial charge in [-0.25, -0.2) is 4.79 Å². The Morgan fingerprint density at radius 2 is 1.81 bits per heavy atom. The lowest BCUT2D eigenvalue weighted by atomic mass is 10.0. The van der Waals surface area contributed by atoms with Gasteiger partial charge in [0.05, 0.1) is 18.2 Å². The lowest BCUT2D eigenvalue weighted by molar-refractivity contribution is -0.215. The fraction of sp³-hybridized carbons (Fsp3) is 0.938. The van der Waals surface area contributed by atoms with E-state index in [4.69, 9.17) is 14.2 Å². The first-order chi connectivity index (χ1) is 9.83. The number of hydrogen-bond donors (Lipinski definition) is 1. The molecule has 1 amide bonds. The van der Waals surface area contributed by atoms with Crippen molar-refractivity contribution in [3.63, 3.8) is 0 Å². The zero-order valence-electron chi connectivity index (χ0n) is 13.7. The molecule has 0 radical (unpaired) electrons. The third kappa shape index (κ3) is 5.47. The second-order valence-corrected chi connectivity index (χ2v) is 7.14. The lowest BCUT2D eigenvalue weighted by Crippen LogP contribution is -2.50. The summed E-state index contributed by atoms with van der Waals surface area (Å²) in [6, 6.07) is -0.0109. The maximum atomic E-state index is 11.8. The van der Waals surface area contributed by atoms with E-state index in [0.717, 1.165) is 25.7 Å². The van der Waals surface area contributed by atoms with Gasteiger partial charge in [0.25, 0.3) is 0 Å². The van der Waals surface area contributed by atoms with Gasteiger partial charge in [-0.2, -0.15) is 0 Å². The topological polar surface area (TPSA) is 56.8 Å². The van der Waals surface area contributed by atoms with Crippen LogP contribution in [0, 0.1) is 0 Å². The minimum atomic E-state index is -0.475. The highest BCUT2D eigenvalue weighted by Gasteiger charge is 2.32. The van der Waals surface area contributed by atoms with Crippen molar-refractivity contribution in [3.05, 3.63) is 0 Å². The van der Waals surface area contributed by atoms with Gasteiger partial charge < -0.3 is 19.5 Å². The molecule has 21 heavy (non-hydrogen) atoms. The summed E-state index contributed by atoms with van der Waals surface area (Å²) < 4.78 is 17.2. The van der Waals surface area contributed by atoms with E-state index in [2.05, 4.69) is 5.32 Å². The Labute approximate surface area is 127 Å². The summed E-state index contributed by atoms with van der Waals surface area (Å²) in [6.45, 7) is 7.56. The van der Waals surface area contributed by atoms with Crippen LogP contribution in [0.4, 0.5) is 4.79 Å². The molecule has 0 aromatic rings. The molecule has 2 rings (SSSR count). The van der Waals surface area contributed by atoms with Crippen LogP contribution in [0.15, 0.2) is 0 Å². The minimum Gasteiger partial charge on any atom is -0.444 e. The maximum absolute atomic E-state index is 11.8. The molecule has 1 heterocycles. The molecule has 1 saturated carbocycles. The quantitative estimate of drug-likeness (QED) is 0.868. The molecule has 5 heteroatoms. The zero-order chi connectivity index (χ0) is 15.5. The van der Waals surface area contributed by atoms with E-state index >= 15 is 0 Å². The summed E-state index contributed by atoms with van der Waals surface area (Å²) in [7, 11) is 0. The van der Waals surface area contributed by atoms with E-state index in [0.29, 0.717) is 6.10 Å². The number of nitrogens with one attached hydrogen (secondary N) is 1. The Hall–Kier alpha value is -0.810. The van der Waals surface area contributed by atoms with Crippen LogP contribution >= 0.6 is 0 Å². The Balaban J connectivity index is 1.74. The fourth-order valence-electron chi connectivity index (χ4n) is 2.94. The van der Waals surface area contributed by atoms with Crippen molar-refractivity contribution in [2.45, 2.75) is 96.4 Å². The van der Waals surface area contributed by atoms with Crippen molar-refractivity contribution in [3.8, 4) is 0 Å². The molecule has 122 valence electrons. The van der Waals surface area contributed by atoms with Crippen molar-refractivity contribution in [2.24, 2.45) is 0 Å². The van der Waals surface area contributed by atoms with Gasteiger partial charge in [-0.05, 0) is 47.0 Å². The number of amides is 1. The van der Waals surface area contributed by atoms with Crippen molar-refractivity contribution >= 4 is 6.09 Å². The molecular formula is C16H29NO4. The average Bonchev–Trinajstić information content (AvgIpc) is 2.83. The maximum Gasteiger partial charge on any atom is 0.407 e. The first-order valence-corrected chi connectivity index (χ1v) is 8.14. The van der Waals surface area contributed by atoms with Crippen LogP contribution in [0.1, 0.15) is 66.2 Å². The third-order valence-corrected chi connectivity index (χ3v) is 3.99. The van der Waals surface area contributed by atoms with Gasteiger partial charge in [0.15, 0.2) is 6.29 Å². The highest BCUT2D eigenvalue weighted by Crippen LogP contribution is 2.27. The highest BCUT2D eigenvalue weighted by molar-refractivity contribution is 5.68. The van der Waals surface area contributed by atoms with Gasteiger partial charge in [-0.3, -0.25) is 0 Å². The van der Waals surface area contributed by atoms with Crippen LogP contribution in [0.2, 0.25) is 0 Å². The van der Waals surface area contributed by atoms with E-state index in [1.54, 1.807) is 0 Å². The number of carbonyl (C=O) groups is 1. The second kappa shape index (κ2) is 6.97. The van der Waals surface area contributed by atoms with Crippen LogP contribution in [-0.2, 0) is 14.2 Å². The Kier molecular flexibility index (Phi) is 5.49. The Morgan fingerprint density at radius 1 is 1.14 bits per heavy atom. The van der Waals surface area contributed by atoms with Gasteiger partial charge in [0.2, 0.25) is 0 Å². The van der Waals surface area contributed by atoms with Crippen LogP contribution in [0.5, 0.6) is 0 Å². The SMILES string of the molecule is C[C@@H]1O[C@@H](OC2CCCC2)CC[C@@H]1NC(=O)OC(C)(C)C. The van der Waals surface area contributed by atoms with E-state index in [9.17, 15) is 4.79 Å². The molecule has 5 nitrogen and oxygen atoms in total. The molecular weight excluding hydrogens is 270 g/mol. The van der Waals surface area contributed by atoms with Gasteiger partial charge in [-0.1, -0.05) is 12.8 Å². The van der Waals surface area contributed by atoms with Crippen molar-refractivity contribution < 1.29 is 19.0 Å². The van der Waals surface area contributed by atoms with E-state index in [1.165, 1.54) is 12.8 Å². The van der Waals surface area contributed by atoms with Crippen LogP contribution in [-0.4, -0.2) is 36.2 Å². The largest absolute Gasteiger partial charge is 0.444 e. The molecule has 2 aliphatic rings. The summed E-state index contributed by atoms with van der Waals surface area (Å²) in [6.07, 6.45) is 6.29. The Bertz CT molecular complexity index is 347. The molecule has 0 spiro atoms. The molecule has 0 unspecified atom stereocenters. The minimum absolute atomic E-state index is 0.0109. The van der Waals surface area contributed by atoms with Crippen LogP contribution in [0.25, 0.3) is 0 Å². The van der Waals surface area contributed by atoms with Gasteiger partial charge >= 0.3 is 6.09 Å². The van der Waals surface area contributed by atoms with Crippen molar-refractivity contribution in [1.29, 1.82) is 0 Å². The van der Waals surface area contributed by atoms with Crippen molar-refractivity contribution in [2.75, 3.05) is 0 Å². The molecule has 3 atom stereocenters. The molecule has 2 fully saturated rings. The first-order valence-electron chi connectivity index (χ1n) is 8.14. The van der Waals surface area contributed by atoms with E-state index in [1.807, 2.05) is 27.7 Å². The van der Waals surface area contributed by atoms with Crippen molar-refractivity contribution in [1.82, 2.24) is 5.32 Å². The van der Waals surface area contributed by atoms with E-state index < -0.39 is 5.60 Å². The number of rotatable bonds is 3. The molecule has 1 saturated heterocycles. The number of alkyl carbamates (subject to hydrolysis) is 1. The Morgan fingerprint density at radius 3 is 2.38 bits per heavy atom. The fourth-order valence-corrected chi connectivity index (χ4v) is 2.94. The molecule has 1 aliphatic heterocycles. The zero-order valence-corrected chi connectivity index (χ0v) is 13.7. The lowest BCUT2D eigenvalue weighted by Gasteiger charge is -2.36. The smallest absolute Gasteiger partial charge is 0.407 e. The predicted octanol–water partition coefficient (Wildman–Crippen LogP) is 3.36. The molecule has 1 aliphatic carbocycles. The predicted molar refractivity (Wildman–Crippen MR) is 80.1 cm³/mol. The number of ether oxygens (including phenoxy) is 3. The summed E-state index contributed by atoms with van der Waals surface area (Å²) in [4.78, 5) is 11.8. The van der Waals surface area contributed by atoms with Gasteiger partial charge in [0.1, 0.15) is 5.60 Å². The standard InChI is InChI=1S/C16H29NO4/c1-11-13(17-15(18)21-16(2,3)4)9-10-14(19-11)20-12-7-5-6-8-12/h11-14H,5-10H2,1-4H3,(H,17,18)/t11-,13-,14-/m0/s1. The van der Waals surface area contributed by atoms with Gasteiger partial charge in [-0.15, -0.1) is 0 Å². The summed E-state index contributed by atoms with van der Waals surface area (Å²) in [5.41, 5.74) is -0.475. The first kappa shape index (κ1) is 16.6.